The van der Waals surface area contributed by atoms with Gasteiger partial charge in [0.1, 0.15) is 5.75 Å². The second kappa shape index (κ2) is 8.19. The molecule has 0 aliphatic carbocycles. The summed E-state index contributed by atoms with van der Waals surface area (Å²) in [4.78, 5) is 12.4. The van der Waals surface area contributed by atoms with Crippen LogP contribution in [0.25, 0.3) is 0 Å². The maximum atomic E-state index is 12.4. The fraction of sp³-hybridized carbons (Fsp3) is 0.409. The van der Waals surface area contributed by atoms with Crippen LogP contribution in [0.2, 0.25) is 0 Å². The molecule has 25 heavy (non-hydrogen) atoms. The van der Waals surface area contributed by atoms with E-state index in [9.17, 15) is 4.79 Å². The average molecular weight is 339 g/mol. The molecule has 0 saturated heterocycles. The van der Waals surface area contributed by atoms with Crippen molar-refractivity contribution in [2.45, 2.75) is 52.9 Å². The van der Waals surface area contributed by atoms with Gasteiger partial charge >= 0.3 is 0 Å². The first-order valence-corrected chi connectivity index (χ1v) is 8.99. The Morgan fingerprint density at radius 1 is 1.00 bits per heavy atom. The lowest BCUT2D eigenvalue weighted by Crippen LogP contribution is -2.22. The van der Waals surface area contributed by atoms with Crippen molar-refractivity contribution in [2.75, 3.05) is 11.9 Å². The van der Waals surface area contributed by atoms with Crippen molar-refractivity contribution >= 4 is 11.6 Å². The summed E-state index contributed by atoms with van der Waals surface area (Å²) in [6, 6.07) is 14.1. The Kier molecular flexibility index (Phi) is 6.24. The summed E-state index contributed by atoms with van der Waals surface area (Å²) >= 11 is 0. The molecule has 0 atom stereocenters. The molecule has 0 spiro atoms. The van der Waals surface area contributed by atoms with Gasteiger partial charge in [-0.25, -0.2) is 0 Å². The van der Waals surface area contributed by atoms with Crippen LogP contribution >= 0.6 is 0 Å². The number of amides is 1. The number of benzene rings is 2. The van der Waals surface area contributed by atoms with E-state index >= 15 is 0 Å². The number of hydrogen-bond acceptors (Lipinski definition) is 2. The van der Waals surface area contributed by atoms with Crippen LogP contribution in [-0.4, -0.2) is 12.5 Å². The molecule has 0 fully saturated rings. The SMILES string of the molecule is CCc1cccc(CC)c1NC(=O)COc1cccc(C(C)(C)C)c1. The van der Waals surface area contributed by atoms with Crippen LogP contribution in [0.3, 0.4) is 0 Å². The fourth-order valence-corrected chi connectivity index (χ4v) is 2.78. The lowest BCUT2D eigenvalue weighted by molar-refractivity contribution is -0.118. The van der Waals surface area contributed by atoms with Gasteiger partial charge in [-0.15, -0.1) is 0 Å². The third-order valence-corrected chi connectivity index (χ3v) is 4.33. The highest BCUT2D eigenvalue weighted by Crippen LogP contribution is 2.26. The lowest BCUT2D eigenvalue weighted by Gasteiger charge is -2.20. The number of para-hydroxylation sites is 1. The monoisotopic (exact) mass is 339 g/mol. The van der Waals surface area contributed by atoms with Crippen LogP contribution in [0.15, 0.2) is 42.5 Å². The number of rotatable bonds is 6. The number of carbonyl (C=O) groups excluding carboxylic acids is 1. The molecule has 3 nitrogen and oxygen atoms in total. The average Bonchev–Trinajstić information content (AvgIpc) is 2.59. The summed E-state index contributed by atoms with van der Waals surface area (Å²) in [6.07, 6.45) is 1.77. The molecule has 1 amide bonds. The summed E-state index contributed by atoms with van der Waals surface area (Å²) < 4.78 is 5.71. The molecular formula is C22H29NO2. The van der Waals surface area contributed by atoms with Crippen molar-refractivity contribution in [3.05, 3.63) is 59.2 Å². The second-order valence-electron chi connectivity index (χ2n) is 7.27. The summed E-state index contributed by atoms with van der Waals surface area (Å²) in [6.45, 7) is 10.7. The molecule has 2 aromatic carbocycles. The zero-order valence-electron chi connectivity index (χ0n) is 16.0. The minimum absolute atomic E-state index is 0.00873. The van der Waals surface area contributed by atoms with E-state index in [-0.39, 0.29) is 17.9 Å². The van der Waals surface area contributed by atoms with E-state index in [2.05, 4.69) is 58.1 Å². The maximum absolute atomic E-state index is 12.4. The third-order valence-electron chi connectivity index (χ3n) is 4.33. The van der Waals surface area contributed by atoms with Crippen LogP contribution in [-0.2, 0) is 23.1 Å². The zero-order valence-corrected chi connectivity index (χ0v) is 16.0. The summed E-state index contributed by atoms with van der Waals surface area (Å²) in [5.74, 6) is 0.596. The first-order chi connectivity index (χ1) is 11.8. The Hall–Kier alpha value is -2.29. The van der Waals surface area contributed by atoms with Crippen LogP contribution in [0.4, 0.5) is 5.69 Å². The van der Waals surface area contributed by atoms with E-state index in [1.165, 1.54) is 5.56 Å². The Bertz CT molecular complexity index is 707. The van der Waals surface area contributed by atoms with Gasteiger partial charge in [0.2, 0.25) is 0 Å². The predicted molar refractivity (Wildman–Crippen MR) is 104 cm³/mol. The molecule has 0 aliphatic rings. The number of ether oxygens (including phenoxy) is 1. The van der Waals surface area contributed by atoms with Gasteiger partial charge < -0.3 is 10.1 Å². The van der Waals surface area contributed by atoms with Gasteiger partial charge in [-0.2, -0.15) is 0 Å². The molecule has 0 unspecified atom stereocenters. The number of hydrogen-bond donors (Lipinski definition) is 1. The van der Waals surface area contributed by atoms with Gasteiger partial charge in [0, 0.05) is 5.69 Å². The maximum Gasteiger partial charge on any atom is 0.262 e. The number of aryl methyl sites for hydroxylation is 2. The molecule has 0 aromatic heterocycles. The number of carbonyl (C=O) groups is 1. The Morgan fingerprint density at radius 3 is 2.16 bits per heavy atom. The van der Waals surface area contributed by atoms with Gasteiger partial charge in [-0.1, -0.05) is 65.0 Å². The molecule has 0 saturated carbocycles. The first-order valence-electron chi connectivity index (χ1n) is 8.99. The van der Waals surface area contributed by atoms with E-state index < -0.39 is 0 Å². The van der Waals surface area contributed by atoms with Crippen molar-refractivity contribution in [3.63, 3.8) is 0 Å². The number of anilines is 1. The van der Waals surface area contributed by atoms with Gasteiger partial charge in [-0.3, -0.25) is 4.79 Å². The van der Waals surface area contributed by atoms with Gasteiger partial charge in [0.05, 0.1) is 0 Å². The van der Waals surface area contributed by atoms with Crippen LogP contribution in [0.5, 0.6) is 5.75 Å². The van der Waals surface area contributed by atoms with Crippen molar-refractivity contribution in [3.8, 4) is 5.75 Å². The quantitative estimate of drug-likeness (QED) is 0.792. The molecule has 134 valence electrons. The van der Waals surface area contributed by atoms with E-state index in [1.807, 2.05) is 24.3 Å². The first kappa shape index (κ1) is 19.0. The van der Waals surface area contributed by atoms with Crippen molar-refractivity contribution in [1.29, 1.82) is 0 Å². The zero-order chi connectivity index (χ0) is 18.4. The molecule has 0 radical (unpaired) electrons. The van der Waals surface area contributed by atoms with Gasteiger partial charge in [-0.05, 0) is 47.1 Å². The summed E-state index contributed by atoms with van der Waals surface area (Å²) in [5, 5.41) is 3.03. The van der Waals surface area contributed by atoms with Crippen LogP contribution in [0.1, 0.15) is 51.3 Å². The molecule has 0 aliphatic heterocycles. The Balaban J connectivity index is 2.05. The minimum Gasteiger partial charge on any atom is -0.484 e. The van der Waals surface area contributed by atoms with E-state index in [1.54, 1.807) is 0 Å². The van der Waals surface area contributed by atoms with Crippen molar-refractivity contribution < 1.29 is 9.53 Å². The molecule has 1 N–H and O–H groups in total. The molecule has 2 aromatic rings. The van der Waals surface area contributed by atoms with Crippen LogP contribution in [0, 0.1) is 0 Å². The standard InChI is InChI=1S/C22H29NO2/c1-6-16-10-8-11-17(7-2)21(16)23-20(24)15-25-19-13-9-12-18(14-19)22(3,4)5/h8-14H,6-7,15H2,1-5H3,(H,23,24). The third kappa shape index (κ3) is 5.09. The van der Waals surface area contributed by atoms with Gasteiger partial charge in [0.15, 0.2) is 6.61 Å². The smallest absolute Gasteiger partial charge is 0.262 e. The molecule has 3 heteroatoms. The lowest BCUT2D eigenvalue weighted by atomic mass is 9.87. The van der Waals surface area contributed by atoms with E-state index in [0.29, 0.717) is 0 Å². The highest BCUT2D eigenvalue weighted by atomic mass is 16.5. The van der Waals surface area contributed by atoms with E-state index in [4.69, 9.17) is 4.74 Å². The minimum atomic E-state index is -0.128. The molecule has 0 bridgehead atoms. The Morgan fingerprint density at radius 2 is 1.60 bits per heavy atom. The van der Waals surface area contributed by atoms with E-state index in [0.717, 1.165) is 35.4 Å². The molecule has 2 rings (SSSR count). The number of nitrogens with one attached hydrogen (secondary N) is 1. The fourth-order valence-electron chi connectivity index (χ4n) is 2.78. The largest absolute Gasteiger partial charge is 0.484 e. The highest BCUT2D eigenvalue weighted by Gasteiger charge is 2.15. The topological polar surface area (TPSA) is 38.3 Å². The normalized spacial score (nSPS) is 11.2. The molecule has 0 heterocycles. The van der Waals surface area contributed by atoms with Crippen molar-refractivity contribution in [1.82, 2.24) is 0 Å². The summed E-state index contributed by atoms with van der Waals surface area (Å²) in [7, 11) is 0. The molecular weight excluding hydrogens is 310 g/mol. The second-order valence-corrected chi connectivity index (χ2v) is 7.27. The van der Waals surface area contributed by atoms with Crippen molar-refractivity contribution in [2.24, 2.45) is 0 Å². The van der Waals surface area contributed by atoms with Crippen LogP contribution < -0.4 is 10.1 Å². The van der Waals surface area contributed by atoms with Gasteiger partial charge in [0.25, 0.3) is 5.91 Å². The summed E-state index contributed by atoms with van der Waals surface area (Å²) in [5.41, 5.74) is 4.49. The Labute approximate surface area is 151 Å². The predicted octanol–water partition coefficient (Wildman–Crippen LogP) is 5.13. The highest BCUT2D eigenvalue weighted by molar-refractivity contribution is 5.93.